The Labute approximate surface area is 554 Å². The van der Waals surface area contributed by atoms with Gasteiger partial charge in [-0.25, -0.2) is 9.13 Å². The topological polar surface area (TPSA) is 237 Å². The summed E-state index contributed by atoms with van der Waals surface area (Å²) in [4.78, 5) is 72.6. The lowest BCUT2D eigenvalue weighted by Crippen LogP contribution is -2.30. The fourth-order valence-electron chi connectivity index (χ4n) is 10.3. The number of hydrogen-bond acceptors (Lipinski definition) is 15. The van der Waals surface area contributed by atoms with Gasteiger partial charge in [0.25, 0.3) is 0 Å². The number of hydrogen-bond donors (Lipinski definition) is 3. The number of phosphoric ester groups is 2. The van der Waals surface area contributed by atoms with Crippen LogP contribution in [0.1, 0.15) is 337 Å². The highest BCUT2D eigenvalue weighted by Crippen LogP contribution is 2.45. The number of ether oxygens (including phenoxy) is 4. The number of aliphatic hydroxyl groups is 1. The van der Waals surface area contributed by atoms with E-state index in [-0.39, 0.29) is 25.7 Å². The van der Waals surface area contributed by atoms with Gasteiger partial charge in [-0.2, -0.15) is 0 Å². The van der Waals surface area contributed by atoms with Crippen LogP contribution in [0, 0.1) is 17.8 Å². The number of rotatable bonds is 68. The molecule has 0 radical (unpaired) electrons. The zero-order valence-electron chi connectivity index (χ0n) is 58.8. The Morgan fingerprint density at radius 3 is 0.978 bits per heavy atom. The summed E-state index contributed by atoms with van der Waals surface area (Å²) in [5, 5.41) is 10.6. The molecule has 0 aromatic carbocycles. The highest BCUT2D eigenvalue weighted by Gasteiger charge is 2.30. The van der Waals surface area contributed by atoms with Crippen LogP contribution >= 0.6 is 15.6 Å². The van der Waals surface area contributed by atoms with Crippen LogP contribution in [-0.2, 0) is 65.4 Å². The van der Waals surface area contributed by atoms with Gasteiger partial charge in [0.15, 0.2) is 12.2 Å². The van der Waals surface area contributed by atoms with Crippen molar-refractivity contribution in [2.75, 3.05) is 39.6 Å². The lowest BCUT2D eigenvalue weighted by atomic mass is 9.99. The summed E-state index contributed by atoms with van der Waals surface area (Å²) in [6.07, 6.45) is 49.4. The molecule has 0 aliphatic heterocycles. The zero-order valence-corrected chi connectivity index (χ0v) is 60.6. The third-order valence-electron chi connectivity index (χ3n) is 16.4. The van der Waals surface area contributed by atoms with Gasteiger partial charge in [-0.1, -0.05) is 285 Å². The van der Waals surface area contributed by atoms with Gasteiger partial charge in [0, 0.05) is 25.7 Å². The van der Waals surface area contributed by atoms with Gasteiger partial charge in [-0.05, 0) is 69.1 Å². The van der Waals surface area contributed by atoms with Crippen LogP contribution in [0.4, 0.5) is 0 Å². The quantitative estimate of drug-likeness (QED) is 0.0169. The van der Waals surface area contributed by atoms with Crippen LogP contribution in [0.3, 0.4) is 0 Å². The second-order valence-corrected chi connectivity index (χ2v) is 29.4. The summed E-state index contributed by atoms with van der Waals surface area (Å²) in [5.41, 5.74) is 0. The van der Waals surface area contributed by atoms with E-state index < -0.39 is 97.5 Å². The fraction of sp³-hybridized carbons (Fsp3) is 0.889. The maximum atomic E-state index is 13.0. The molecule has 6 atom stereocenters. The molecule has 17 nitrogen and oxygen atoms in total. The molecule has 0 saturated heterocycles. The summed E-state index contributed by atoms with van der Waals surface area (Å²) >= 11 is 0. The van der Waals surface area contributed by atoms with Crippen molar-refractivity contribution in [2.45, 2.75) is 356 Å². The predicted molar refractivity (Wildman–Crippen MR) is 367 cm³/mol. The van der Waals surface area contributed by atoms with Crippen LogP contribution in [0.2, 0.25) is 0 Å². The molecule has 0 rings (SSSR count). The minimum atomic E-state index is -4.96. The van der Waals surface area contributed by atoms with Gasteiger partial charge < -0.3 is 33.8 Å². The molecule has 0 aromatic heterocycles. The highest BCUT2D eigenvalue weighted by molar-refractivity contribution is 7.47. The van der Waals surface area contributed by atoms with Crippen molar-refractivity contribution in [2.24, 2.45) is 17.8 Å². The summed E-state index contributed by atoms with van der Waals surface area (Å²) in [6.45, 7) is 11.7. The molecule has 0 bridgehead atoms. The largest absolute Gasteiger partial charge is 0.472 e. The summed E-state index contributed by atoms with van der Waals surface area (Å²) in [6, 6.07) is 0. The summed E-state index contributed by atoms with van der Waals surface area (Å²) < 4.78 is 68.3. The van der Waals surface area contributed by atoms with E-state index in [9.17, 15) is 43.2 Å². The Hall–Kier alpha value is -2.46. The van der Waals surface area contributed by atoms with Crippen LogP contribution in [0.25, 0.3) is 0 Å². The first kappa shape index (κ1) is 88.5. The molecule has 0 aliphatic rings. The third-order valence-corrected chi connectivity index (χ3v) is 18.3. The predicted octanol–water partition coefficient (Wildman–Crippen LogP) is 20.2. The van der Waals surface area contributed by atoms with Crippen LogP contribution in [0.5, 0.6) is 0 Å². The van der Waals surface area contributed by atoms with E-state index in [0.717, 1.165) is 127 Å². The third kappa shape index (κ3) is 64.6. The standard InChI is InChI=1S/C72H136O17P2/c1-8-10-11-12-13-14-15-16-17-18-21-24-32-39-46-53-69(74)82-59-67(89-72(77)56-49-42-34-27-26-31-38-45-52-65(7)9-2)61-86-90(78,79)84-57-66(73)58-85-91(80,81)87-62-68(60-83-70(75)54-47-40-35-28-30-37-44-51-64(5)6)88-71(76)55-48-41-33-25-22-19-20-23-29-36-43-50-63(3)4/h14-17,63-68,73H,8-13,18-62H2,1-7H3,(H,78,79)(H,80,81)/b15-14-,17-16-/t65?,66?,67-,68-/m1/s1. The van der Waals surface area contributed by atoms with Gasteiger partial charge in [0.2, 0.25) is 0 Å². The number of allylic oxidation sites excluding steroid dienone is 4. The van der Waals surface area contributed by atoms with E-state index in [1.807, 2.05) is 0 Å². The molecule has 0 heterocycles. The van der Waals surface area contributed by atoms with Crippen molar-refractivity contribution in [3.8, 4) is 0 Å². The van der Waals surface area contributed by atoms with E-state index in [1.54, 1.807) is 0 Å². The first-order valence-electron chi connectivity index (χ1n) is 36.7. The number of esters is 4. The second kappa shape index (κ2) is 62.4. The molecule has 0 amide bonds. The molecule has 3 N–H and O–H groups in total. The molecular formula is C72H136O17P2. The first-order valence-corrected chi connectivity index (χ1v) is 39.7. The Morgan fingerprint density at radius 1 is 0.363 bits per heavy atom. The van der Waals surface area contributed by atoms with Crippen molar-refractivity contribution in [3.63, 3.8) is 0 Å². The number of carbonyl (C=O) groups excluding carboxylic acids is 4. The molecule has 0 spiro atoms. The van der Waals surface area contributed by atoms with Crippen molar-refractivity contribution in [3.05, 3.63) is 24.3 Å². The maximum Gasteiger partial charge on any atom is 0.472 e. The maximum absolute atomic E-state index is 13.0. The van der Waals surface area contributed by atoms with Gasteiger partial charge in [0.05, 0.1) is 26.4 Å². The molecule has 0 aliphatic carbocycles. The van der Waals surface area contributed by atoms with Crippen LogP contribution in [0.15, 0.2) is 24.3 Å². The Bertz CT molecular complexity index is 1880. The van der Waals surface area contributed by atoms with Crippen molar-refractivity contribution in [1.29, 1.82) is 0 Å². The normalized spacial score (nSPS) is 14.6. The molecule has 0 fully saturated rings. The molecule has 4 unspecified atom stereocenters. The highest BCUT2D eigenvalue weighted by atomic mass is 31.2. The van der Waals surface area contributed by atoms with E-state index in [1.165, 1.54) is 122 Å². The number of unbranched alkanes of at least 4 members (excludes halogenated alkanes) is 32. The summed E-state index contributed by atoms with van der Waals surface area (Å²) in [7, 11) is -9.92. The lowest BCUT2D eigenvalue weighted by molar-refractivity contribution is -0.161. The van der Waals surface area contributed by atoms with Gasteiger partial charge >= 0.3 is 39.5 Å². The van der Waals surface area contributed by atoms with Crippen molar-refractivity contribution >= 4 is 39.5 Å². The lowest BCUT2D eigenvalue weighted by Gasteiger charge is -2.21. The summed E-state index contributed by atoms with van der Waals surface area (Å²) in [5.74, 6) is 0.0773. The Morgan fingerprint density at radius 2 is 0.648 bits per heavy atom. The Kier molecular flexibility index (Phi) is 60.7. The average Bonchev–Trinajstić information content (AvgIpc) is 3.12. The van der Waals surface area contributed by atoms with E-state index in [2.05, 4.69) is 72.8 Å². The first-order chi connectivity index (χ1) is 43.8. The van der Waals surface area contributed by atoms with Gasteiger partial charge in [0.1, 0.15) is 19.3 Å². The van der Waals surface area contributed by atoms with Gasteiger partial charge in [-0.15, -0.1) is 0 Å². The van der Waals surface area contributed by atoms with Gasteiger partial charge in [-0.3, -0.25) is 37.3 Å². The van der Waals surface area contributed by atoms with E-state index in [4.69, 9.17) is 37.0 Å². The molecule has 91 heavy (non-hydrogen) atoms. The minimum absolute atomic E-state index is 0.0977. The molecule has 0 aromatic rings. The SMILES string of the molecule is CCCCCC/C=C\C=C/CCCCCCCC(=O)OC[C@H](COP(=O)(O)OCC(O)COP(=O)(O)OC[C@@H](COC(=O)CCCCCCCCCC(C)C)OC(=O)CCCCCCCCCCCCCC(C)C)OC(=O)CCCCCCCCCCC(C)CC. The fourth-order valence-corrected chi connectivity index (χ4v) is 11.9. The second-order valence-electron chi connectivity index (χ2n) is 26.5. The Balaban J connectivity index is 5.29. The molecule has 536 valence electrons. The molecular weight excluding hydrogens is 1200 g/mol. The van der Waals surface area contributed by atoms with E-state index >= 15 is 0 Å². The van der Waals surface area contributed by atoms with Crippen molar-refractivity contribution < 1.29 is 80.2 Å². The number of aliphatic hydroxyl groups excluding tert-OH is 1. The van der Waals surface area contributed by atoms with Crippen LogP contribution < -0.4 is 0 Å². The monoisotopic (exact) mass is 1330 g/mol. The van der Waals surface area contributed by atoms with Crippen molar-refractivity contribution in [1.82, 2.24) is 0 Å². The molecule has 19 heteroatoms. The average molecular weight is 1340 g/mol. The minimum Gasteiger partial charge on any atom is -0.462 e. The smallest absolute Gasteiger partial charge is 0.462 e. The zero-order chi connectivity index (χ0) is 67.3. The molecule has 0 saturated carbocycles. The number of carbonyl (C=O) groups is 4. The number of phosphoric acid groups is 2. The van der Waals surface area contributed by atoms with Crippen LogP contribution in [-0.4, -0.2) is 96.7 Å². The van der Waals surface area contributed by atoms with E-state index in [0.29, 0.717) is 31.6 Å².